The molecular weight excluding hydrogens is 288 g/mol. The Morgan fingerprint density at radius 1 is 0.913 bits per heavy atom. The van der Waals surface area contributed by atoms with E-state index < -0.39 is 0 Å². The molecule has 2 aliphatic rings. The molecule has 0 bridgehead atoms. The highest BCUT2D eigenvalue weighted by Crippen LogP contribution is 2.28. The van der Waals surface area contributed by atoms with Gasteiger partial charge >= 0.3 is 0 Å². The van der Waals surface area contributed by atoms with Gasteiger partial charge in [-0.05, 0) is 24.5 Å². The quantitative estimate of drug-likeness (QED) is 0.857. The number of amides is 2. The molecular formula is C19H26N2O2. The first kappa shape index (κ1) is 16.0. The van der Waals surface area contributed by atoms with Gasteiger partial charge in [0.15, 0.2) is 0 Å². The van der Waals surface area contributed by atoms with Crippen LogP contribution in [-0.2, 0) is 4.79 Å². The number of carbonyl (C=O) groups is 2. The van der Waals surface area contributed by atoms with Crippen molar-refractivity contribution in [2.45, 2.75) is 38.5 Å². The maximum atomic E-state index is 12.4. The lowest BCUT2D eigenvalue weighted by Crippen LogP contribution is -2.50. The number of piperazine rings is 1. The van der Waals surface area contributed by atoms with Crippen molar-refractivity contribution in [3.05, 3.63) is 35.9 Å². The number of rotatable bonds is 4. The first-order valence-electron chi connectivity index (χ1n) is 8.86. The Morgan fingerprint density at radius 3 is 2.17 bits per heavy atom. The summed E-state index contributed by atoms with van der Waals surface area (Å²) in [6.07, 6.45) is 6.98. The Morgan fingerprint density at radius 2 is 1.52 bits per heavy atom. The number of carbonyl (C=O) groups excluding carboxylic acids is 2. The van der Waals surface area contributed by atoms with Gasteiger partial charge in [0.1, 0.15) is 0 Å². The molecule has 1 aliphatic heterocycles. The van der Waals surface area contributed by atoms with E-state index in [0.717, 1.165) is 17.9 Å². The number of hydrogen-bond acceptors (Lipinski definition) is 2. The molecule has 1 aromatic rings. The third kappa shape index (κ3) is 4.12. The largest absolute Gasteiger partial charge is 0.339 e. The van der Waals surface area contributed by atoms with E-state index in [1.807, 2.05) is 40.1 Å². The number of hydrogen-bond donors (Lipinski definition) is 0. The van der Waals surface area contributed by atoms with Crippen LogP contribution in [0.3, 0.4) is 0 Å². The van der Waals surface area contributed by atoms with Gasteiger partial charge in [0.25, 0.3) is 5.91 Å². The van der Waals surface area contributed by atoms with E-state index in [-0.39, 0.29) is 11.8 Å². The molecule has 23 heavy (non-hydrogen) atoms. The lowest BCUT2D eigenvalue weighted by Gasteiger charge is -2.35. The second-order valence-corrected chi connectivity index (χ2v) is 6.73. The fourth-order valence-corrected chi connectivity index (χ4v) is 3.71. The lowest BCUT2D eigenvalue weighted by atomic mass is 10.0. The predicted molar refractivity (Wildman–Crippen MR) is 90.1 cm³/mol. The highest BCUT2D eigenvalue weighted by Gasteiger charge is 2.25. The maximum absolute atomic E-state index is 12.4. The van der Waals surface area contributed by atoms with Gasteiger partial charge in [0.05, 0.1) is 0 Å². The van der Waals surface area contributed by atoms with Gasteiger partial charge in [0, 0.05) is 38.2 Å². The van der Waals surface area contributed by atoms with Crippen molar-refractivity contribution in [1.29, 1.82) is 0 Å². The van der Waals surface area contributed by atoms with E-state index >= 15 is 0 Å². The molecule has 1 saturated carbocycles. The van der Waals surface area contributed by atoms with Crippen LogP contribution in [0, 0.1) is 5.92 Å². The van der Waals surface area contributed by atoms with Crippen LogP contribution >= 0.6 is 0 Å². The summed E-state index contributed by atoms with van der Waals surface area (Å²) in [5, 5.41) is 0. The second-order valence-electron chi connectivity index (χ2n) is 6.73. The average Bonchev–Trinajstić information content (AvgIpc) is 3.13. The minimum atomic E-state index is 0.0728. The van der Waals surface area contributed by atoms with Crippen molar-refractivity contribution in [2.24, 2.45) is 5.92 Å². The molecule has 124 valence electrons. The lowest BCUT2D eigenvalue weighted by molar-refractivity contribution is -0.133. The molecule has 2 amide bonds. The Hall–Kier alpha value is -1.84. The topological polar surface area (TPSA) is 40.6 Å². The zero-order valence-corrected chi connectivity index (χ0v) is 13.7. The van der Waals surface area contributed by atoms with Crippen LogP contribution in [0.25, 0.3) is 0 Å². The molecule has 0 unspecified atom stereocenters. The van der Waals surface area contributed by atoms with Gasteiger partial charge in [-0.1, -0.05) is 43.9 Å². The molecule has 0 N–H and O–H groups in total. The normalized spacial score (nSPS) is 19.1. The Labute approximate surface area is 138 Å². The SMILES string of the molecule is O=C(CCC1CCCC1)N1CCN(C(=O)c2ccccc2)CC1. The minimum Gasteiger partial charge on any atom is -0.339 e. The van der Waals surface area contributed by atoms with Gasteiger partial charge in [-0.2, -0.15) is 0 Å². The predicted octanol–water partition coefficient (Wildman–Crippen LogP) is 2.94. The highest BCUT2D eigenvalue weighted by atomic mass is 16.2. The van der Waals surface area contributed by atoms with Crippen molar-refractivity contribution in [1.82, 2.24) is 9.80 Å². The van der Waals surface area contributed by atoms with Gasteiger partial charge in [0.2, 0.25) is 5.91 Å². The summed E-state index contributed by atoms with van der Waals surface area (Å²) in [4.78, 5) is 28.5. The van der Waals surface area contributed by atoms with E-state index in [0.29, 0.717) is 32.6 Å². The third-order valence-corrected chi connectivity index (χ3v) is 5.18. The summed E-state index contributed by atoms with van der Waals surface area (Å²) in [6.45, 7) is 2.62. The highest BCUT2D eigenvalue weighted by molar-refractivity contribution is 5.94. The number of benzene rings is 1. The van der Waals surface area contributed by atoms with Crippen LogP contribution in [0.15, 0.2) is 30.3 Å². The van der Waals surface area contributed by atoms with Crippen LogP contribution < -0.4 is 0 Å². The van der Waals surface area contributed by atoms with E-state index in [2.05, 4.69) is 0 Å². The Balaban J connectivity index is 1.44. The van der Waals surface area contributed by atoms with Crippen LogP contribution in [-0.4, -0.2) is 47.8 Å². The zero-order chi connectivity index (χ0) is 16.1. The maximum Gasteiger partial charge on any atom is 0.253 e. The first-order valence-corrected chi connectivity index (χ1v) is 8.86. The van der Waals surface area contributed by atoms with Crippen LogP contribution in [0.5, 0.6) is 0 Å². The van der Waals surface area contributed by atoms with Crippen molar-refractivity contribution >= 4 is 11.8 Å². The summed E-state index contributed by atoms with van der Waals surface area (Å²) >= 11 is 0. The van der Waals surface area contributed by atoms with E-state index in [9.17, 15) is 9.59 Å². The molecule has 1 saturated heterocycles. The van der Waals surface area contributed by atoms with Crippen LogP contribution in [0.4, 0.5) is 0 Å². The fourth-order valence-electron chi connectivity index (χ4n) is 3.71. The Bertz CT molecular complexity index is 530. The zero-order valence-electron chi connectivity index (χ0n) is 13.7. The minimum absolute atomic E-state index is 0.0728. The molecule has 0 aromatic heterocycles. The molecule has 4 heteroatoms. The van der Waals surface area contributed by atoms with Gasteiger partial charge < -0.3 is 9.80 Å². The standard InChI is InChI=1S/C19H26N2O2/c22-18(11-10-16-6-4-5-7-16)20-12-14-21(15-13-20)19(23)17-8-2-1-3-9-17/h1-3,8-9,16H,4-7,10-15H2. The molecule has 2 fully saturated rings. The van der Waals surface area contributed by atoms with Gasteiger partial charge in [-0.3, -0.25) is 9.59 Å². The molecule has 4 nitrogen and oxygen atoms in total. The van der Waals surface area contributed by atoms with Crippen molar-refractivity contribution in [2.75, 3.05) is 26.2 Å². The van der Waals surface area contributed by atoms with Crippen LogP contribution in [0.1, 0.15) is 48.9 Å². The second kappa shape index (κ2) is 7.62. The smallest absolute Gasteiger partial charge is 0.253 e. The summed E-state index contributed by atoms with van der Waals surface area (Å²) in [7, 11) is 0. The fraction of sp³-hybridized carbons (Fsp3) is 0.579. The summed E-state index contributed by atoms with van der Waals surface area (Å²) < 4.78 is 0. The first-order chi connectivity index (χ1) is 11.2. The molecule has 0 atom stereocenters. The molecule has 1 aromatic carbocycles. The third-order valence-electron chi connectivity index (χ3n) is 5.18. The summed E-state index contributed by atoms with van der Waals surface area (Å²) in [5.74, 6) is 1.10. The summed E-state index contributed by atoms with van der Waals surface area (Å²) in [5.41, 5.74) is 0.730. The molecule has 1 heterocycles. The molecule has 1 aliphatic carbocycles. The van der Waals surface area contributed by atoms with Crippen molar-refractivity contribution in [3.8, 4) is 0 Å². The summed E-state index contributed by atoms with van der Waals surface area (Å²) in [6, 6.07) is 9.38. The van der Waals surface area contributed by atoms with Gasteiger partial charge in [-0.25, -0.2) is 0 Å². The van der Waals surface area contributed by atoms with E-state index in [1.54, 1.807) is 0 Å². The monoisotopic (exact) mass is 314 g/mol. The van der Waals surface area contributed by atoms with Crippen molar-refractivity contribution in [3.63, 3.8) is 0 Å². The molecule has 0 spiro atoms. The van der Waals surface area contributed by atoms with Crippen molar-refractivity contribution < 1.29 is 9.59 Å². The molecule has 0 radical (unpaired) electrons. The number of nitrogens with zero attached hydrogens (tertiary/aromatic N) is 2. The molecule has 3 rings (SSSR count). The average molecular weight is 314 g/mol. The van der Waals surface area contributed by atoms with Crippen LogP contribution in [0.2, 0.25) is 0 Å². The van der Waals surface area contributed by atoms with E-state index in [1.165, 1.54) is 25.7 Å². The van der Waals surface area contributed by atoms with Gasteiger partial charge in [-0.15, -0.1) is 0 Å². The van der Waals surface area contributed by atoms with E-state index in [4.69, 9.17) is 0 Å². The Kier molecular flexibility index (Phi) is 5.31.